The lowest BCUT2D eigenvalue weighted by Gasteiger charge is -2.57. The highest BCUT2D eigenvalue weighted by atomic mass is 16.7. The summed E-state index contributed by atoms with van der Waals surface area (Å²) in [5.74, 6) is 1.32. The van der Waals surface area contributed by atoms with Crippen molar-refractivity contribution >= 4 is 0 Å². The van der Waals surface area contributed by atoms with Crippen LogP contribution in [0.5, 0.6) is 0 Å². The first-order chi connectivity index (χ1) is 13.3. The van der Waals surface area contributed by atoms with E-state index in [1.807, 2.05) is 0 Å². The van der Waals surface area contributed by atoms with Gasteiger partial charge in [-0.15, -0.1) is 0 Å². The van der Waals surface area contributed by atoms with Crippen LogP contribution in [0.4, 0.5) is 0 Å². The zero-order chi connectivity index (χ0) is 20.4. The van der Waals surface area contributed by atoms with Gasteiger partial charge in [-0.05, 0) is 88.9 Å². The Morgan fingerprint density at radius 3 is 2.54 bits per heavy atom. The van der Waals surface area contributed by atoms with Crippen LogP contribution in [0.1, 0.15) is 99.3 Å². The standard InChI is InChI=1S/C26H44O2/c1-7-21(24-27-16-17-28-24)18-22-20(4)11-12-23-25(5,13-8-10-19(2)3)14-9-15-26(22,23)6/h10,21,23-24H,7-9,11-18H2,1-6H3/t21?,23?,25-,26-/m0/s1. The molecule has 1 saturated carbocycles. The van der Waals surface area contributed by atoms with Gasteiger partial charge in [0, 0.05) is 5.92 Å². The average Bonchev–Trinajstić information content (AvgIpc) is 3.15. The summed E-state index contributed by atoms with van der Waals surface area (Å²) in [6, 6.07) is 0. The SMILES string of the molecule is CCC(CC1=C(C)CCC2[C@@](C)(CCC=C(C)C)CCC[C@@]12C)C1OCCO1. The Balaban J connectivity index is 1.82. The third-order valence-corrected chi connectivity index (χ3v) is 8.36. The largest absolute Gasteiger partial charge is 0.350 e. The number of ether oxygens (including phenoxy) is 2. The average molecular weight is 389 g/mol. The molecule has 1 saturated heterocycles. The van der Waals surface area contributed by atoms with Crippen molar-refractivity contribution in [1.29, 1.82) is 0 Å². The summed E-state index contributed by atoms with van der Waals surface area (Å²) in [5.41, 5.74) is 5.75. The summed E-state index contributed by atoms with van der Waals surface area (Å²) in [7, 11) is 0. The Labute approximate surface area is 174 Å². The molecule has 4 atom stereocenters. The minimum Gasteiger partial charge on any atom is -0.350 e. The van der Waals surface area contributed by atoms with Gasteiger partial charge in [-0.1, -0.05) is 50.0 Å². The van der Waals surface area contributed by atoms with E-state index in [1.165, 1.54) is 56.9 Å². The smallest absolute Gasteiger partial charge is 0.160 e. The van der Waals surface area contributed by atoms with Gasteiger partial charge >= 0.3 is 0 Å². The Morgan fingerprint density at radius 1 is 1.18 bits per heavy atom. The van der Waals surface area contributed by atoms with Crippen molar-refractivity contribution in [3.63, 3.8) is 0 Å². The molecule has 2 heteroatoms. The molecule has 0 amide bonds. The summed E-state index contributed by atoms with van der Waals surface area (Å²) in [4.78, 5) is 0. The van der Waals surface area contributed by atoms with Gasteiger partial charge in [-0.25, -0.2) is 0 Å². The summed E-state index contributed by atoms with van der Waals surface area (Å²) < 4.78 is 11.8. The van der Waals surface area contributed by atoms with Gasteiger partial charge < -0.3 is 9.47 Å². The zero-order valence-corrected chi connectivity index (χ0v) is 19.4. The fourth-order valence-corrected chi connectivity index (χ4v) is 6.75. The molecule has 3 rings (SSSR count). The van der Waals surface area contributed by atoms with Crippen molar-refractivity contribution in [2.75, 3.05) is 13.2 Å². The highest BCUT2D eigenvalue weighted by Gasteiger charge is 2.52. The van der Waals surface area contributed by atoms with Crippen molar-refractivity contribution in [2.24, 2.45) is 22.7 Å². The summed E-state index contributed by atoms with van der Waals surface area (Å²) in [5, 5.41) is 0. The van der Waals surface area contributed by atoms with Crippen LogP contribution in [0.15, 0.2) is 22.8 Å². The number of hydrogen-bond donors (Lipinski definition) is 0. The normalized spacial score (nSPS) is 35.0. The topological polar surface area (TPSA) is 18.5 Å². The third kappa shape index (κ3) is 4.43. The van der Waals surface area contributed by atoms with E-state index in [0.29, 0.717) is 16.7 Å². The maximum absolute atomic E-state index is 5.92. The van der Waals surface area contributed by atoms with Gasteiger partial charge in [0.25, 0.3) is 0 Å². The molecular weight excluding hydrogens is 344 g/mol. The molecule has 0 aromatic carbocycles. The lowest BCUT2D eigenvalue weighted by Crippen LogP contribution is -2.47. The van der Waals surface area contributed by atoms with Crippen LogP contribution in [0.2, 0.25) is 0 Å². The van der Waals surface area contributed by atoms with Crippen molar-refractivity contribution in [2.45, 2.75) is 106 Å². The Bertz CT molecular complexity index is 594. The molecule has 0 aromatic rings. The van der Waals surface area contributed by atoms with Gasteiger partial charge in [-0.2, -0.15) is 0 Å². The van der Waals surface area contributed by atoms with E-state index in [0.717, 1.165) is 25.6 Å². The Morgan fingerprint density at radius 2 is 1.89 bits per heavy atom. The first-order valence-electron chi connectivity index (χ1n) is 11.9. The molecule has 0 spiro atoms. The summed E-state index contributed by atoms with van der Waals surface area (Å²) in [6.07, 6.45) is 14.2. The second-order valence-corrected chi connectivity index (χ2v) is 10.6. The van der Waals surface area contributed by atoms with Gasteiger partial charge in [0.1, 0.15) is 0 Å². The molecule has 1 aliphatic heterocycles. The van der Waals surface area contributed by atoms with Crippen LogP contribution >= 0.6 is 0 Å². The zero-order valence-electron chi connectivity index (χ0n) is 19.4. The molecule has 160 valence electrons. The molecule has 2 fully saturated rings. The molecule has 3 aliphatic rings. The summed E-state index contributed by atoms with van der Waals surface area (Å²) >= 11 is 0. The second-order valence-electron chi connectivity index (χ2n) is 10.6. The molecule has 2 aliphatic carbocycles. The predicted molar refractivity (Wildman–Crippen MR) is 118 cm³/mol. The van der Waals surface area contributed by atoms with E-state index in [9.17, 15) is 0 Å². The summed E-state index contributed by atoms with van der Waals surface area (Å²) in [6.45, 7) is 15.9. The van der Waals surface area contributed by atoms with E-state index < -0.39 is 0 Å². The maximum atomic E-state index is 5.92. The van der Waals surface area contributed by atoms with E-state index in [-0.39, 0.29) is 6.29 Å². The number of fused-ring (bicyclic) bond motifs is 1. The first-order valence-corrected chi connectivity index (χ1v) is 11.9. The predicted octanol–water partition coefficient (Wildman–Crippen LogP) is 7.45. The molecule has 28 heavy (non-hydrogen) atoms. The lowest BCUT2D eigenvalue weighted by molar-refractivity contribution is -0.0876. The van der Waals surface area contributed by atoms with Crippen LogP contribution in [0.3, 0.4) is 0 Å². The van der Waals surface area contributed by atoms with Crippen LogP contribution in [-0.4, -0.2) is 19.5 Å². The number of allylic oxidation sites excluding steroid dienone is 4. The fraction of sp³-hybridized carbons (Fsp3) is 0.846. The monoisotopic (exact) mass is 388 g/mol. The van der Waals surface area contributed by atoms with E-state index in [1.54, 1.807) is 11.1 Å². The second kappa shape index (κ2) is 9.04. The van der Waals surface area contributed by atoms with Crippen molar-refractivity contribution in [1.82, 2.24) is 0 Å². The van der Waals surface area contributed by atoms with Crippen molar-refractivity contribution < 1.29 is 9.47 Å². The minimum absolute atomic E-state index is 0.0157. The van der Waals surface area contributed by atoms with Gasteiger partial charge in [0.2, 0.25) is 0 Å². The molecule has 2 unspecified atom stereocenters. The van der Waals surface area contributed by atoms with Crippen LogP contribution in [0, 0.1) is 22.7 Å². The van der Waals surface area contributed by atoms with E-state index in [2.05, 4.69) is 47.6 Å². The minimum atomic E-state index is 0.0157. The number of rotatable bonds is 7. The maximum Gasteiger partial charge on any atom is 0.160 e. The molecular formula is C26H44O2. The van der Waals surface area contributed by atoms with Gasteiger partial charge in [0.15, 0.2) is 6.29 Å². The van der Waals surface area contributed by atoms with Crippen molar-refractivity contribution in [3.05, 3.63) is 22.8 Å². The van der Waals surface area contributed by atoms with Crippen LogP contribution < -0.4 is 0 Å². The van der Waals surface area contributed by atoms with Crippen molar-refractivity contribution in [3.8, 4) is 0 Å². The molecule has 0 N–H and O–H groups in total. The third-order valence-electron chi connectivity index (χ3n) is 8.36. The van der Waals surface area contributed by atoms with E-state index >= 15 is 0 Å². The molecule has 0 radical (unpaired) electrons. The number of hydrogen-bond acceptors (Lipinski definition) is 2. The highest BCUT2D eigenvalue weighted by molar-refractivity contribution is 5.28. The van der Waals surface area contributed by atoms with Crippen LogP contribution in [-0.2, 0) is 9.47 Å². The quantitative estimate of drug-likeness (QED) is 0.422. The first kappa shape index (κ1) is 22.1. The van der Waals surface area contributed by atoms with E-state index in [4.69, 9.17) is 9.47 Å². The molecule has 1 heterocycles. The lowest BCUT2D eigenvalue weighted by atomic mass is 9.48. The Kier molecular flexibility index (Phi) is 7.14. The molecule has 0 aromatic heterocycles. The van der Waals surface area contributed by atoms with Crippen LogP contribution in [0.25, 0.3) is 0 Å². The molecule has 0 bridgehead atoms. The highest BCUT2D eigenvalue weighted by Crippen LogP contribution is 2.62. The van der Waals surface area contributed by atoms with Gasteiger partial charge in [-0.3, -0.25) is 0 Å². The Hall–Kier alpha value is -0.600. The van der Waals surface area contributed by atoms with Gasteiger partial charge in [0.05, 0.1) is 13.2 Å². The fourth-order valence-electron chi connectivity index (χ4n) is 6.75. The molecule has 2 nitrogen and oxygen atoms in total.